The summed E-state index contributed by atoms with van der Waals surface area (Å²) in [5, 5.41) is 0.151. The molecule has 1 aromatic carbocycles. The molecule has 0 saturated heterocycles. The second-order valence-corrected chi connectivity index (χ2v) is 3.84. The molecular weight excluding hydrogens is 247 g/mol. The molecule has 0 amide bonds. The minimum Gasteiger partial charge on any atom is -0.304 e. The number of hydrogen-bond acceptors (Lipinski definition) is 2. The highest BCUT2D eigenvalue weighted by atomic mass is 35.5. The van der Waals surface area contributed by atoms with Crippen LogP contribution in [0, 0.1) is 5.82 Å². The van der Waals surface area contributed by atoms with Gasteiger partial charge in [0.15, 0.2) is 5.82 Å². The van der Waals surface area contributed by atoms with Crippen LogP contribution in [0.1, 0.15) is 12.5 Å². The summed E-state index contributed by atoms with van der Waals surface area (Å²) in [6.07, 6.45) is 0. The standard InChI is InChI=1S/C11H10ClFN2O2/c1-2-15-10(16)7-4-3-6(5-12)8(13)9(7)14-11(15)17/h3-4H,2,5H2,1H3,(H,14,17). The number of fused-ring (bicyclic) bond motifs is 1. The maximum atomic E-state index is 13.9. The van der Waals surface area contributed by atoms with Crippen LogP contribution in [-0.2, 0) is 12.4 Å². The van der Waals surface area contributed by atoms with E-state index in [1.54, 1.807) is 6.92 Å². The lowest BCUT2D eigenvalue weighted by atomic mass is 10.1. The normalized spacial score (nSPS) is 11.0. The number of hydrogen-bond donors (Lipinski definition) is 1. The highest BCUT2D eigenvalue weighted by molar-refractivity contribution is 6.17. The van der Waals surface area contributed by atoms with Crippen LogP contribution >= 0.6 is 11.6 Å². The van der Waals surface area contributed by atoms with Crippen molar-refractivity contribution in [2.45, 2.75) is 19.3 Å². The summed E-state index contributed by atoms with van der Waals surface area (Å²) in [5.41, 5.74) is -0.937. The van der Waals surface area contributed by atoms with Crippen molar-refractivity contribution in [3.05, 3.63) is 44.4 Å². The first-order valence-corrected chi connectivity index (χ1v) is 5.63. The number of nitrogens with one attached hydrogen (secondary N) is 1. The lowest BCUT2D eigenvalue weighted by Crippen LogP contribution is -2.34. The number of aromatic nitrogens is 2. The third-order valence-electron chi connectivity index (χ3n) is 2.63. The van der Waals surface area contributed by atoms with Crippen LogP contribution in [0.4, 0.5) is 4.39 Å². The number of alkyl halides is 1. The van der Waals surface area contributed by atoms with E-state index in [9.17, 15) is 14.0 Å². The van der Waals surface area contributed by atoms with Crippen LogP contribution in [0.2, 0.25) is 0 Å². The van der Waals surface area contributed by atoms with E-state index < -0.39 is 17.1 Å². The zero-order chi connectivity index (χ0) is 12.6. The molecule has 0 radical (unpaired) electrons. The van der Waals surface area contributed by atoms with Crippen LogP contribution in [0.5, 0.6) is 0 Å². The number of aromatic amines is 1. The van der Waals surface area contributed by atoms with E-state index in [2.05, 4.69) is 4.98 Å². The van der Waals surface area contributed by atoms with Crippen molar-refractivity contribution in [2.75, 3.05) is 0 Å². The summed E-state index contributed by atoms with van der Waals surface area (Å²) in [6, 6.07) is 2.92. The fourth-order valence-electron chi connectivity index (χ4n) is 1.72. The molecule has 2 aromatic rings. The predicted molar refractivity (Wildman–Crippen MR) is 64.0 cm³/mol. The largest absolute Gasteiger partial charge is 0.328 e. The van der Waals surface area contributed by atoms with Gasteiger partial charge in [-0.1, -0.05) is 6.07 Å². The van der Waals surface area contributed by atoms with E-state index in [-0.39, 0.29) is 28.9 Å². The average molecular weight is 257 g/mol. The number of benzene rings is 1. The van der Waals surface area contributed by atoms with E-state index in [4.69, 9.17) is 11.6 Å². The maximum Gasteiger partial charge on any atom is 0.328 e. The first kappa shape index (κ1) is 11.9. The minimum atomic E-state index is -0.644. The first-order valence-electron chi connectivity index (χ1n) is 5.10. The van der Waals surface area contributed by atoms with Crippen LogP contribution in [-0.4, -0.2) is 9.55 Å². The molecule has 0 aliphatic carbocycles. The molecule has 0 saturated carbocycles. The number of H-pyrrole nitrogens is 1. The van der Waals surface area contributed by atoms with E-state index in [0.717, 1.165) is 4.57 Å². The molecule has 1 heterocycles. The van der Waals surface area contributed by atoms with Gasteiger partial charge in [-0.3, -0.25) is 9.36 Å². The summed E-state index contributed by atoms with van der Waals surface area (Å²) >= 11 is 5.56. The molecule has 0 fully saturated rings. The van der Waals surface area contributed by atoms with Gasteiger partial charge in [0, 0.05) is 12.1 Å². The van der Waals surface area contributed by atoms with Gasteiger partial charge in [0.1, 0.15) is 0 Å². The van der Waals surface area contributed by atoms with Crippen LogP contribution in [0.3, 0.4) is 0 Å². The molecule has 0 unspecified atom stereocenters. The molecule has 6 heteroatoms. The van der Waals surface area contributed by atoms with E-state index in [1.165, 1.54) is 12.1 Å². The predicted octanol–water partition coefficient (Wildman–Crippen LogP) is 1.59. The van der Waals surface area contributed by atoms with Crippen LogP contribution in [0.15, 0.2) is 21.7 Å². The third-order valence-corrected chi connectivity index (χ3v) is 2.92. The highest BCUT2D eigenvalue weighted by Gasteiger charge is 2.12. The molecule has 17 heavy (non-hydrogen) atoms. The fourth-order valence-corrected chi connectivity index (χ4v) is 1.93. The minimum absolute atomic E-state index is 0.0132. The fraction of sp³-hybridized carbons (Fsp3) is 0.273. The number of nitrogens with zero attached hydrogens (tertiary/aromatic N) is 1. The summed E-state index contributed by atoms with van der Waals surface area (Å²) in [4.78, 5) is 25.8. The van der Waals surface area contributed by atoms with Crippen molar-refractivity contribution in [3.63, 3.8) is 0 Å². The van der Waals surface area contributed by atoms with Gasteiger partial charge in [-0.05, 0) is 13.0 Å². The SMILES string of the molecule is CCn1c(=O)[nH]c2c(F)c(CCl)ccc2c1=O. The van der Waals surface area contributed by atoms with E-state index in [1.807, 2.05) is 0 Å². The molecule has 0 spiro atoms. The molecule has 0 atom stereocenters. The number of halogens is 2. The molecule has 2 rings (SSSR count). The van der Waals surface area contributed by atoms with Gasteiger partial charge in [-0.25, -0.2) is 9.18 Å². The molecule has 1 aromatic heterocycles. The smallest absolute Gasteiger partial charge is 0.304 e. The summed E-state index contributed by atoms with van der Waals surface area (Å²) < 4.78 is 14.9. The van der Waals surface area contributed by atoms with Crippen molar-refractivity contribution >= 4 is 22.5 Å². The first-order chi connectivity index (χ1) is 8.10. The summed E-state index contributed by atoms with van der Waals surface area (Å²) in [7, 11) is 0. The van der Waals surface area contributed by atoms with Gasteiger partial charge in [-0.15, -0.1) is 11.6 Å². The van der Waals surface area contributed by atoms with Gasteiger partial charge in [0.05, 0.1) is 16.8 Å². The molecule has 4 nitrogen and oxygen atoms in total. The Kier molecular flexibility index (Phi) is 3.02. The Morgan fingerprint density at radius 2 is 2.12 bits per heavy atom. The highest BCUT2D eigenvalue weighted by Crippen LogP contribution is 2.17. The Bertz CT molecular complexity index is 690. The van der Waals surface area contributed by atoms with Gasteiger partial charge in [-0.2, -0.15) is 0 Å². The third kappa shape index (κ3) is 1.76. The second-order valence-electron chi connectivity index (χ2n) is 3.57. The van der Waals surface area contributed by atoms with E-state index >= 15 is 0 Å². The Morgan fingerprint density at radius 1 is 1.41 bits per heavy atom. The Labute approximate surface area is 101 Å². The monoisotopic (exact) mass is 256 g/mol. The zero-order valence-electron chi connectivity index (χ0n) is 9.09. The van der Waals surface area contributed by atoms with Crippen LogP contribution < -0.4 is 11.2 Å². The summed E-state index contributed by atoms with van der Waals surface area (Å²) in [6.45, 7) is 1.91. The maximum absolute atomic E-state index is 13.9. The Morgan fingerprint density at radius 3 is 2.71 bits per heavy atom. The molecular formula is C11H10ClFN2O2. The molecule has 0 aliphatic rings. The summed E-state index contributed by atoms with van der Waals surface area (Å²) in [5.74, 6) is -0.657. The van der Waals surface area contributed by atoms with Crippen LogP contribution in [0.25, 0.3) is 10.9 Å². The van der Waals surface area contributed by atoms with Gasteiger partial charge < -0.3 is 4.98 Å². The van der Waals surface area contributed by atoms with Gasteiger partial charge in [0.25, 0.3) is 5.56 Å². The second kappa shape index (κ2) is 4.33. The van der Waals surface area contributed by atoms with Crippen molar-refractivity contribution in [1.82, 2.24) is 9.55 Å². The lowest BCUT2D eigenvalue weighted by molar-refractivity contribution is 0.620. The molecule has 0 bridgehead atoms. The van der Waals surface area contributed by atoms with Crippen molar-refractivity contribution < 1.29 is 4.39 Å². The van der Waals surface area contributed by atoms with Crippen molar-refractivity contribution in [3.8, 4) is 0 Å². The number of rotatable bonds is 2. The molecule has 90 valence electrons. The quantitative estimate of drug-likeness (QED) is 0.830. The molecule has 0 aliphatic heterocycles. The van der Waals surface area contributed by atoms with Crippen molar-refractivity contribution in [1.29, 1.82) is 0 Å². The average Bonchev–Trinajstić information content (AvgIpc) is 2.31. The van der Waals surface area contributed by atoms with Crippen molar-refractivity contribution in [2.24, 2.45) is 0 Å². The topological polar surface area (TPSA) is 54.9 Å². The van der Waals surface area contributed by atoms with Gasteiger partial charge in [0.2, 0.25) is 0 Å². The zero-order valence-corrected chi connectivity index (χ0v) is 9.84. The molecule has 1 N–H and O–H groups in total. The van der Waals surface area contributed by atoms with E-state index in [0.29, 0.717) is 0 Å². The Balaban J connectivity index is 2.97. The lowest BCUT2D eigenvalue weighted by Gasteiger charge is -2.06. The van der Waals surface area contributed by atoms with Gasteiger partial charge >= 0.3 is 5.69 Å². The Hall–Kier alpha value is -1.62.